The van der Waals surface area contributed by atoms with Crippen LogP contribution in [0.1, 0.15) is 181 Å². The van der Waals surface area contributed by atoms with Gasteiger partial charge in [-0.1, -0.05) is 166 Å². The lowest BCUT2D eigenvalue weighted by molar-refractivity contribution is -0.124. The summed E-state index contributed by atoms with van der Waals surface area (Å²) >= 11 is 0. The minimum Gasteiger partial charge on any atom is -0.393 e. The molecule has 4 unspecified atom stereocenters. The smallest absolute Gasteiger partial charge is 0.393 e. The number of nitrogens with two attached hydrogens (primary N) is 1. The molecule has 0 radical (unpaired) electrons. The maximum atomic E-state index is 12.7. The third kappa shape index (κ3) is 35.5. The average molecular weight is 743 g/mol. The highest BCUT2D eigenvalue weighted by atomic mass is 31.2. The lowest BCUT2D eigenvalue weighted by atomic mass is 10.0. The molecule has 300 valence electrons. The fourth-order valence-electron chi connectivity index (χ4n) is 5.85. The number of carbonyl (C=O) groups is 1. The summed E-state index contributed by atoms with van der Waals surface area (Å²) in [5.74, 6) is -0.463. The van der Waals surface area contributed by atoms with Gasteiger partial charge in [0.25, 0.3) is 0 Å². The van der Waals surface area contributed by atoms with Gasteiger partial charge in [0, 0.05) is 6.54 Å². The van der Waals surface area contributed by atoms with Crippen molar-refractivity contribution in [3.8, 4) is 0 Å². The number of carbonyl (C=O) groups excluding carboxylic acids is 1. The van der Waals surface area contributed by atoms with Gasteiger partial charge in [-0.3, -0.25) is 13.8 Å². The Balaban J connectivity index is 4.38. The van der Waals surface area contributed by atoms with Crippen LogP contribution in [0.3, 0.4) is 0 Å². The van der Waals surface area contributed by atoms with Crippen LogP contribution in [-0.4, -0.2) is 59.0 Å². The van der Waals surface area contributed by atoms with E-state index in [9.17, 15) is 24.5 Å². The molecule has 0 rings (SSSR count). The van der Waals surface area contributed by atoms with Crippen molar-refractivity contribution >= 4 is 13.7 Å². The maximum absolute atomic E-state index is 12.7. The van der Waals surface area contributed by atoms with Gasteiger partial charge in [-0.15, -0.1) is 0 Å². The first-order valence-electron chi connectivity index (χ1n) is 20.7. The largest absolute Gasteiger partial charge is 0.472 e. The van der Waals surface area contributed by atoms with E-state index in [4.69, 9.17) is 14.8 Å². The van der Waals surface area contributed by atoms with Crippen LogP contribution in [0.15, 0.2) is 36.5 Å². The number of aliphatic hydroxyl groups is 2. The zero-order valence-corrected chi connectivity index (χ0v) is 33.6. The molecule has 1 amide bonds. The molecule has 0 aromatic rings. The van der Waals surface area contributed by atoms with Crippen molar-refractivity contribution in [1.82, 2.24) is 5.32 Å². The summed E-state index contributed by atoms with van der Waals surface area (Å²) in [4.78, 5) is 22.6. The Morgan fingerprint density at radius 1 is 0.667 bits per heavy atom. The molecule has 51 heavy (non-hydrogen) atoms. The van der Waals surface area contributed by atoms with Crippen LogP contribution >= 0.6 is 7.82 Å². The minimum atomic E-state index is -4.40. The van der Waals surface area contributed by atoms with E-state index in [1.165, 1.54) is 103 Å². The number of allylic oxidation sites excluding steroid dienone is 5. The van der Waals surface area contributed by atoms with Crippen LogP contribution in [0.25, 0.3) is 0 Å². The molecule has 4 atom stereocenters. The Labute approximate surface area is 312 Å². The lowest BCUT2D eigenvalue weighted by Gasteiger charge is -2.24. The van der Waals surface area contributed by atoms with Gasteiger partial charge in [0.1, 0.15) is 0 Å². The second-order valence-corrected chi connectivity index (χ2v) is 15.5. The van der Waals surface area contributed by atoms with Gasteiger partial charge in [0.15, 0.2) is 0 Å². The van der Waals surface area contributed by atoms with E-state index >= 15 is 0 Å². The van der Waals surface area contributed by atoms with Crippen LogP contribution in [0.4, 0.5) is 0 Å². The fourth-order valence-corrected chi connectivity index (χ4v) is 6.61. The molecule has 0 saturated heterocycles. The number of amides is 1. The van der Waals surface area contributed by atoms with E-state index in [1.807, 2.05) is 6.08 Å². The number of hydrogen-bond donors (Lipinski definition) is 5. The number of aliphatic hydroxyl groups excluding tert-OH is 2. The minimum absolute atomic E-state index is 0.0425. The van der Waals surface area contributed by atoms with E-state index in [1.54, 1.807) is 6.08 Å². The van der Waals surface area contributed by atoms with E-state index in [0.717, 1.165) is 44.9 Å². The number of phosphoric ester groups is 1. The molecule has 0 saturated carbocycles. The first-order chi connectivity index (χ1) is 24.8. The zero-order valence-electron chi connectivity index (χ0n) is 32.7. The fraction of sp³-hybridized carbons (Fsp3) is 0.829. The van der Waals surface area contributed by atoms with Crippen molar-refractivity contribution in [2.45, 2.75) is 199 Å². The standard InChI is InChI=1S/C41H79N2O7P/c1-3-5-7-9-11-13-14-15-16-17-18-19-20-21-22-23-24-25-27-29-31-33-40(45)39(37-50-51(47,48)49-35-34-42)43-41(46)36-38(44)32-30-28-26-12-10-8-6-4-2/h20-21,24-25,31,33,38-40,44-45H,3-19,22-23,26-30,32,34-37,42H2,1-2H3,(H,43,46)(H,47,48)/b21-20+,25-24+,33-31+. The van der Waals surface area contributed by atoms with Crippen molar-refractivity contribution in [2.75, 3.05) is 19.8 Å². The Hall–Kier alpha value is -1.32. The summed E-state index contributed by atoms with van der Waals surface area (Å²) in [7, 11) is -4.40. The molecule has 0 aliphatic rings. The molecular formula is C41H79N2O7P. The van der Waals surface area contributed by atoms with Gasteiger partial charge in [-0.2, -0.15) is 0 Å². The maximum Gasteiger partial charge on any atom is 0.472 e. The second-order valence-electron chi connectivity index (χ2n) is 14.0. The van der Waals surface area contributed by atoms with Crippen molar-refractivity contribution in [2.24, 2.45) is 5.73 Å². The van der Waals surface area contributed by atoms with Crippen molar-refractivity contribution < 1.29 is 33.5 Å². The number of nitrogens with one attached hydrogen (secondary N) is 1. The zero-order chi connectivity index (χ0) is 37.7. The molecule has 6 N–H and O–H groups in total. The Kier molecular flexibility index (Phi) is 36.1. The van der Waals surface area contributed by atoms with Gasteiger partial charge in [-0.05, 0) is 44.9 Å². The third-order valence-corrected chi connectivity index (χ3v) is 9.99. The molecule has 0 aromatic carbocycles. The van der Waals surface area contributed by atoms with Gasteiger partial charge in [-0.25, -0.2) is 4.57 Å². The summed E-state index contributed by atoms with van der Waals surface area (Å²) < 4.78 is 22.0. The van der Waals surface area contributed by atoms with Crippen LogP contribution in [0.2, 0.25) is 0 Å². The summed E-state index contributed by atoms with van der Waals surface area (Å²) in [5.41, 5.74) is 5.34. The highest BCUT2D eigenvalue weighted by Gasteiger charge is 2.27. The van der Waals surface area contributed by atoms with Crippen LogP contribution < -0.4 is 11.1 Å². The first-order valence-corrected chi connectivity index (χ1v) is 22.2. The summed E-state index contributed by atoms with van der Waals surface area (Å²) in [6.07, 6.45) is 39.7. The Morgan fingerprint density at radius 3 is 1.63 bits per heavy atom. The molecule has 9 nitrogen and oxygen atoms in total. The molecule has 0 heterocycles. The molecule has 0 spiro atoms. The quantitative estimate of drug-likeness (QED) is 0.0238. The highest BCUT2D eigenvalue weighted by molar-refractivity contribution is 7.47. The predicted molar refractivity (Wildman–Crippen MR) is 214 cm³/mol. The predicted octanol–water partition coefficient (Wildman–Crippen LogP) is 10.1. The van der Waals surface area contributed by atoms with Gasteiger partial charge in [0.05, 0.1) is 37.9 Å². The molecule has 10 heteroatoms. The van der Waals surface area contributed by atoms with Gasteiger partial charge >= 0.3 is 7.82 Å². The SMILES string of the molecule is CCCCCCCCCCCCC/C=C/CC/C=C/CC/C=C/C(O)C(COP(=O)(O)OCCN)NC(=O)CC(O)CCCCCCCCCC. The average Bonchev–Trinajstić information content (AvgIpc) is 3.10. The van der Waals surface area contributed by atoms with Crippen molar-refractivity contribution in [1.29, 1.82) is 0 Å². The van der Waals surface area contributed by atoms with E-state index in [-0.39, 0.29) is 19.6 Å². The van der Waals surface area contributed by atoms with E-state index in [0.29, 0.717) is 12.8 Å². The monoisotopic (exact) mass is 743 g/mol. The Bertz CT molecular complexity index is 914. The lowest BCUT2D eigenvalue weighted by Crippen LogP contribution is -2.46. The summed E-state index contributed by atoms with van der Waals surface area (Å²) in [6.45, 7) is 3.90. The van der Waals surface area contributed by atoms with Crippen molar-refractivity contribution in [3.05, 3.63) is 36.5 Å². The number of phosphoric acid groups is 1. The van der Waals surface area contributed by atoms with Crippen LogP contribution in [-0.2, 0) is 18.4 Å². The number of rotatable bonds is 38. The molecular weight excluding hydrogens is 663 g/mol. The van der Waals surface area contributed by atoms with Gasteiger partial charge in [0.2, 0.25) is 5.91 Å². The molecule has 0 fully saturated rings. The third-order valence-electron chi connectivity index (χ3n) is 9.00. The topological polar surface area (TPSA) is 151 Å². The Morgan fingerprint density at radius 2 is 1.12 bits per heavy atom. The first kappa shape index (κ1) is 49.7. The molecule has 0 bridgehead atoms. The van der Waals surface area contributed by atoms with E-state index < -0.39 is 38.6 Å². The molecule has 0 aliphatic carbocycles. The highest BCUT2D eigenvalue weighted by Crippen LogP contribution is 2.43. The molecule has 0 aliphatic heterocycles. The summed E-state index contributed by atoms with van der Waals surface area (Å²) in [6, 6.07) is -1.00. The van der Waals surface area contributed by atoms with Crippen LogP contribution in [0, 0.1) is 0 Å². The van der Waals surface area contributed by atoms with Crippen molar-refractivity contribution in [3.63, 3.8) is 0 Å². The number of unbranched alkanes of at least 4 members (excludes halogenated alkanes) is 20. The number of hydrogen-bond acceptors (Lipinski definition) is 7. The van der Waals surface area contributed by atoms with Gasteiger partial charge < -0.3 is 26.2 Å². The van der Waals surface area contributed by atoms with E-state index in [2.05, 4.69) is 43.5 Å². The normalized spacial score (nSPS) is 15.2. The molecule has 0 aromatic heterocycles. The van der Waals surface area contributed by atoms with Crippen LogP contribution in [0.5, 0.6) is 0 Å². The second kappa shape index (κ2) is 37.0. The summed E-state index contributed by atoms with van der Waals surface area (Å²) in [5, 5.41) is 23.9.